The number of pyridine rings is 1. The minimum absolute atomic E-state index is 0.574. The summed E-state index contributed by atoms with van der Waals surface area (Å²) in [6, 6.07) is 9.18. The van der Waals surface area contributed by atoms with Gasteiger partial charge in [-0.1, -0.05) is 0 Å². The number of rotatable bonds is 3. The molecule has 2 heteroatoms. The van der Waals surface area contributed by atoms with E-state index in [2.05, 4.69) is 87.0 Å². The van der Waals surface area contributed by atoms with Crippen LogP contribution in [0.1, 0.15) is 36.5 Å². The van der Waals surface area contributed by atoms with Crippen LogP contribution >= 0.6 is 0 Å². The van der Waals surface area contributed by atoms with E-state index in [9.17, 15) is 0 Å². The Morgan fingerprint density at radius 3 is 2.18 bits per heavy atom. The zero-order chi connectivity index (χ0) is 16.7. The molecule has 2 aromatic rings. The van der Waals surface area contributed by atoms with E-state index in [-0.39, 0.29) is 0 Å². The van der Waals surface area contributed by atoms with E-state index in [0.717, 1.165) is 0 Å². The summed E-state index contributed by atoms with van der Waals surface area (Å²) >= 11 is -1.87. The zero-order valence-electron chi connectivity index (χ0n) is 15.4. The van der Waals surface area contributed by atoms with Crippen LogP contribution in [0.15, 0.2) is 30.5 Å². The second-order valence-corrected chi connectivity index (χ2v) is 18.4. The van der Waals surface area contributed by atoms with Crippen LogP contribution in [0.5, 0.6) is 0 Å². The van der Waals surface area contributed by atoms with Crippen molar-refractivity contribution < 1.29 is 4.57 Å². The first-order valence-corrected chi connectivity index (χ1v) is 15.6. The van der Waals surface area contributed by atoms with Gasteiger partial charge in [-0.05, 0) is 0 Å². The molecule has 0 N–H and O–H groups in total. The molecule has 0 bridgehead atoms. The minimum atomic E-state index is -1.87. The van der Waals surface area contributed by atoms with Crippen LogP contribution in [0.4, 0.5) is 0 Å². The molecule has 1 heterocycles. The van der Waals surface area contributed by atoms with Crippen LogP contribution in [-0.2, 0) is 7.05 Å². The van der Waals surface area contributed by atoms with Crippen LogP contribution in [0.2, 0.25) is 17.3 Å². The molecule has 0 atom stereocenters. The number of benzene rings is 1. The van der Waals surface area contributed by atoms with Crippen molar-refractivity contribution in [3.05, 3.63) is 47.2 Å². The van der Waals surface area contributed by atoms with Gasteiger partial charge in [0.2, 0.25) is 0 Å². The van der Waals surface area contributed by atoms with Crippen LogP contribution in [0.25, 0.3) is 11.3 Å². The third-order valence-corrected chi connectivity index (χ3v) is 8.67. The average molecular weight is 357 g/mol. The van der Waals surface area contributed by atoms with E-state index in [1.165, 1.54) is 22.4 Å². The van der Waals surface area contributed by atoms with Gasteiger partial charge >= 0.3 is 139 Å². The van der Waals surface area contributed by atoms with E-state index >= 15 is 0 Å². The molecule has 0 aliphatic heterocycles. The topological polar surface area (TPSA) is 3.88 Å². The zero-order valence-corrected chi connectivity index (χ0v) is 17.5. The fraction of sp³-hybridized carbons (Fsp3) is 0.450. The normalized spacial score (nSPS) is 12.0. The summed E-state index contributed by atoms with van der Waals surface area (Å²) in [5, 5.41) is 0. The molecule has 0 aliphatic carbocycles. The molecule has 2 rings (SSSR count). The van der Waals surface area contributed by atoms with Crippen molar-refractivity contribution in [2.45, 2.75) is 50.9 Å². The van der Waals surface area contributed by atoms with E-state index in [0.29, 0.717) is 5.92 Å². The standard InChI is InChI=1S/C20H30GeN/c1-14(2)17-12-20(18-11-15(3)9-10-16(18)4)22(8)13-19(17)21(5,6)7/h9-14H,1-8H3/q+1. The van der Waals surface area contributed by atoms with Crippen molar-refractivity contribution in [1.29, 1.82) is 0 Å². The van der Waals surface area contributed by atoms with E-state index in [1.54, 1.807) is 9.96 Å². The summed E-state index contributed by atoms with van der Waals surface area (Å²) in [4.78, 5) is 0. The predicted octanol–water partition coefficient (Wildman–Crippen LogP) is 4.46. The molecule has 0 unspecified atom stereocenters. The van der Waals surface area contributed by atoms with Crippen molar-refractivity contribution in [1.82, 2.24) is 0 Å². The van der Waals surface area contributed by atoms with Gasteiger partial charge < -0.3 is 0 Å². The third kappa shape index (κ3) is 3.45. The van der Waals surface area contributed by atoms with Crippen LogP contribution in [0.3, 0.4) is 0 Å². The first-order valence-electron chi connectivity index (χ1n) is 8.23. The molecule has 1 aromatic heterocycles. The summed E-state index contributed by atoms with van der Waals surface area (Å²) in [6.45, 7) is 9.02. The SMILES string of the molecule is Cc1ccc(C)c(-c2cc(C(C)C)[c]([Ge]([CH3])([CH3])[CH3])c[n+]2C)c1. The van der Waals surface area contributed by atoms with Gasteiger partial charge in [-0.25, -0.2) is 0 Å². The van der Waals surface area contributed by atoms with Gasteiger partial charge in [0.1, 0.15) is 0 Å². The number of aromatic nitrogens is 1. The Labute approximate surface area is 138 Å². The second-order valence-electron chi connectivity index (χ2n) is 7.86. The summed E-state index contributed by atoms with van der Waals surface area (Å²) in [7, 11) is 2.19. The molecule has 22 heavy (non-hydrogen) atoms. The Morgan fingerprint density at radius 2 is 1.64 bits per heavy atom. The molecule has 0 saturated carbocycles. The van der Waals surface area contributed by atoms with Gasteiger partial charge in [-0.3, -0.25) is 0 Å². The molecular formula is C20H30GeN+. The van der Waals surface area contributed by atoms with Crippen molar-refractivity contribution in [3.8, 4) is 11.3 Å². The summed E-state index contributed by atoms with van der Waals surface area (Å²) in [5.74, 6) is 8.03. The molecule has 1 aromatic carbocycles. The van der Waals surface area contributed by atoms with Gasteiger partial charge in [-0.15, -0.1) is 0 Å². The van der Waals surface area contributed by atoms with Crippen LogP contribution < -0.4 is 8.96 Å². The number of hydrogen-bond donors (Lipinski definition) is 0. The van der Waals surface area contributed by atoms with Crippen molar-refractivity contribution in [2.24, 2.45) is 7.05 Å². The van der Waals surface area contributed by atoms with Gasteiger partial charge in [0.05, 0.1) is 0 Å². The van der Waals surface area contributed by atoms with E-state index < -0.39 is 13.3 Å². The van der Waals surface area contributed by atoms with Gasteiger partial charge in [0, 0.05) is 0 Å². The predicted molar refractivity (Wildman–Crippen MR) is 99.6 cm³/mol. The summed E-state index contributed by atoms with van der Waals surface area (Å²) < 4.78 is 3.96. The van der Waals surface area contributed by atoms with Gasteiger partial charge in [-0.2, -0.15) is 0 Å². The van der Waals surface area contributed by atoms with E-state index in [1.807, 2.05) is 0 Å². The molecule has 0 spiro atoms. The molecule has 118 valence electrons. The number of aryl methyl sites for hydroxylation is 3. The summed E-state index contributed by atoms with van der Waals surface area (Å²) in [6.07, 6.45) is 2.41. The molecule has 1 nitrogen and oxygen atoms in total. The maximum absolute atomic E-state index is 2.48. The van der Waals surface area contributed by atoms with Crippen LogP contribution in [-0.4, -0.2) is 13.3 Å². The Bertz CT molecular complexity index is 694. The molecule has 0 aliphatic rings. The monoisotopic (exact) mass is 358 g/mol. The fourth-order valence-corrected chi connectivity index (χ4v) is 6.84. The Kier molecular flexibility index (Phi) is 4.86. The average Bonchev–Trinajstić information content (AvgIpc) is 2.40. The van der Waals surface area contributed by atoms with Crippen molar-refractivity contribution >= 4 is 17.7 Å². The first-order chi connectivity index (χ1) is 10.1. The maximum atomic E-state index is 2.48. The first kappa shape index (κ1) is 17.3. The summed E-state index contributed by atoms with van der Waals surface area (Å²) in [5.41, 5.74) is 6.91. The molecule has 0 fully saturated rings. The number of nitrogens with zero attached hydrogens (tertiary/aromatic N) is 1. The van der Waals surface area contributed by atoms with Gasteiger partial charge in [0.15, 0.2) is 0 Å². The molecule has 0 radical (unpaired) electrons. The second kappa shape index (κ2) is 6.19. The number of hydrogen-bond acceptors (Lipinski definition) is 0. The molecular weight excluding hydrogens is 327 g/mol. The van der Waals surface area contributed by atoms with Gasteiger partial charge in [0.25, 0.3) is 0 Å². The van der Waals surface area contributed by atoms with Crippen LogP contribution in [0, 0.1) is 13.8 Å². The molecule has 0 amide bonds. The van der Waals surface area contributed by atoms with Crippen molar-refractivity contribution in [2.75, 3.05) is 0 Å². The third-order valence-electron chi connectivity index (χ3n) is 4.41. The molecule has 0 saturated heterocycles. The van der Waals surface area contributed by atoms with Crippen molar-refractivity contribution in [3.63, 3.8) is 0 Å². The Hall–Kier alpha value is -1.09. The van der Waals surface area contributed by atoms with E-state index in [4.69, 9.17) is 0 Å². The quantitative estimate of drug-likeness (QED) is 0.564. The fourth-order valence-electron chi connectivity index (χ4n) is 3.05. The Balaban J connectivity index is 2.74. The Morgan fingerprint density at radius 1 is 1.00 bits per heavy atom.